The van der Waals surface area contributed by atoms with Crippen LogP contribution in [0.25, 0.3) is 0 Å². The molecule has 0 unspecified atom stereocenters. The Balaban J connectivity index is 2.07. The zero-order valence-corrected chi connectivity index (χ0v) is 12.3. The third-order valence-corrected chi connectivity index (χ3v) is 3.55. The molecule has 0 N–H and O–H groups in total. The molecule has 0 amide bonds. The van der Waals surface area contributed by atoms with Crippen LogP contribution in [-0.2, 0) is 17.6 Å². The number of rotatable bonds is 4. The van der Waals surface area contributed by atoms with E-state index >= 15 is 0 Å². The number of hydrogen-bond donors (Lipinski definition) is 0. The van der Waals surface area contributed by atoms with Gasteiger partial charge in [-0.15, -0.1) is 0 Å². The van der Waals surface area contributed by atoms with E-state index in [1.807, 2.05) is 24.3 Å². The van der Waals surface area contributed by atoms with Crippen LogP contribution in [0.15, 0.2) is 46.9 Å². The van der Waals surface area contributed by atoms with Crippen LogP contribution in [-0.4, -0.2) is 5.78 Å². The van der Waals surface area contributed by atoms with E-state index in [1.165, 1.54) is 18.2 Å². The molecular formula is C15H11BrClFO. The van der Waals surface area contributed by atoms with E-state index in [0.717, 1.165) is 10.0 Å². The molecule has 0 aliphatic carbocycles. The summed E-state index contributed by atoms with van der Waals surface area (Å²) in [7, 11) is 0. The first kappa shape index (κ1) is 14.2. The highest BCUT2D eigenvalue weighted by Gasteiger charge is 2.09. The van der Waals surface area contributed by atoms with Crippen LogP contribution in [0.5, 0.6) is 0 Å². The largest absolute Gasteiger partial charge is 0.299 e. The second-order valence-corrected chi connectivity index (χ2v) is 5.58. The second kappa shape index (κ2) is 6.31. The average Bonchev–Trinajstić information content (AvgIpc) is 2.34. The Morgan fingerprint density at radius 2 is 1.95 bits per heavy atom. The van der Waals surface area contributed by atoms with Gasteiger partial charge in [-0.05, 0) is 41.5 Å². The monoisotopic (exact) mass is 340 g/mol. The molecule has 0 radical (unpaired) electrons. The predicted molar refractivity (Wildman–Crippen MR) is 78.0 cm³/mol. The van der Waals surface area contributed by atoms with Crippen molar-refractivity contribution in [3.63, 3.8) is 0 Å². The highest BCUT2D eigenvalue weighted by molar-refractivity contribution is 9.10. The van der Waals surface area contributed by atoms with E-state index in [1.54, 1.807) is 0 Å². The lowest BCUT2D eigenvalue weighted by molar-refractivity contribution is -0.117. The molecule has 0 saturated carbocycles. The van der Waals surface area contributed by atoms with Gasteiger partial charge in [0.2, 0.25) is 0 Å². The average molecular weight is 342 g/mol. The maximum atomic E-state index is 13.1. The van der Waals surface area contributed by atoms with Crippen molar-refractivity contribution in [2.45, 2.75) is 12.8 Å². The number of carbonyl (C=O) groups is 1. The van der Waals surface area contributed by atoms with Gasteiger partial charge in [-0.1, -0.05) is 39.7 Å². The van der Waals surface area contributed by atoms with Gasteiger partial charge in [0.15, 0.2) is 0 Å². The summed E-state index contributed by atoms with van der Waals surface area (Å²) < 4.78 is 14.0. The fourth-order valence-corrected chi connectivity index (χ4v) is 2.46. The summed E-state index contributed by atoms with van der Waals surface area (Å²) in [5.74, 6) is -0.375. The van der Waals surface area contributed by atoms with E-state index in [0.29, 0.717) is 17.0 Å². The highest BCUT2D eigenvalue weighted by Crippen LogP contribution is 2.19. The van der Waals surface area contributed by atoms with Gasteiger partial charge in [0.1, 0.15) is 11.6 Å². The summed E-state index contributed by atoms with van der Waals surface area (Å²) in [6.07, 6.45) is 0.454. The zero-order chi connectivity index (χ0) is 13.8. The minimum absolute atomic E-state index is 0.00519. The van der Waals surface area contributed by atoms with Crippen LogP contribution in [0.2, 0.25) is 5.02 Å². The van der Waals surface area contributed by atoms with Crippen molar-refractivity contribution < 1.29 is 9.18 Å². The van der Waals surface area contributed by atoms with Crippen molar-refractivity contribution in [3.8, 4) is 0 Å². The lowest BCUT2D eigenvalue weighted by Gasteiger charge is -2.05. The van der Waals surface area contributed by atoms with Crippen molar-refractivity contribution in [2.75, 3.05) is 0 Å². The molecule has 0 aliphatic rings. The molecule has 4 heteroatoms. The first-order valence-corrected chi connectivity index (χ1v) is 6.92. The lowest BCUT2D eigenvalue weighted by atomic mass is 10.0. The molecule has 0 saturated heterocycles. The maximum Gasteiger partial charge on any atom is 0.141 e. The summed E-state index contributed by atoms with van der Waals surface area (Å²) in [6.45, 7) is 0. The fourth-order valence-electron chi connectivity index (χ4n) is 1.83. The van der Waals surface area contributed by atoms with E-state index < -0.39 is 0 Å². The molecule has 2 aromatic rings. The van der Waals surface area contributed by atoms with Crippen molar-refractivity contribution in [1.29, 1.82) is 0 Å². The molecule has 0 aliphatic heterocycles. The molecule has 1 nitrogen and oxygen atoms in total. The Bertz CT molecular complexity index is 613. The van der Waals surface area contributed by atoms with Gasteiger partial charge in [0.05, 0.1) is 0 Å². The van der Waals surface area contributed by atoms with Crippen molar-refractivity contribution in [2.24, 2.45) is 0 Å². The molecule has 0 fully saturated rings. The number of carbonyl (C=O) groups excluding carboxylic acids is 1. The van der Waals surface area contributed by atoms with E-state index in [4.69, 9.17) is 11.6 Å². The second-order valence-electron chi connectivity index (χ2n) is 4.26. The van der Waals surface area contributed by atoms with Crippen molar-refractivity contribution >= 4 is 33.3 Å². The normalized spacial score (nSPS) is 10.5. The van der Waals surface area contributed by atoms with Gasteiger partial charge >= 0.3 is 0 Å². The number of ketones is 1. The minimum Gasteiger partial charge on any atom is -0.299 e. The molecule has 0 heterocycles. The third kappa shape index (κ3) is 4.15. The van der Waals surface area contributed by atoms with Crippen LogP contribution in [0.1, 0.15) is 11.1 Å². The SMILES string of the molecule is O=C(Cc1cccc(Br)c1)Cc1cc(F)ccc1Cl. The topological polar surface area (TPSA) is 17.1 Å². The van der Waals surface area contributed by atoms with Crippen LogP contribution >= 0.6 is 27.5 Å². The fraction of sp³-hybridized carbons (Fsp3) is 0.133. The lowest BCUT2D eigenvalue weighted by Crippen LogP contribution is -2.07. The molecule has 19 heavy (non-hydrogen) atoms. The van der Waals surface area contributed by atoms with Gasteiger partial charge in [-0.2, -0.15) is 0 Å². The minimum atomic E-state index is -0.380. The summed E-state index contributed by atoms with van der Waals surface area (Å²) in [6, 6.07) is 11.6. The number of Topliss-reactive ketones (excluding diaryl/α,β-unsaturated/α-hetero) is 1. The summed E-state index contributed by atoms with van der Waals surface area (Å²) >= 11 is 9.30. The Hall–Kier alpha value is -1.19. The van der Waals surface area contributed by atoms with Gasteiger partial charge < -0.3 is 0 Å². The van der Waals surface area contributed by atoms with E-state index in [9.17, 15) is 9.18 Å². The molecule has 0 atom stereocenters. The maximum absolute atomic E-state index is 13.1. The molecule has 0 spiro atoms. The van der Waals surface area contributed by atoms with Crippen LogP contribution < -0.4 is 0 Å². The molecular weight excluding hydrogens is 331 g/mol. The van der Waals surface area contributed by atoms with Crippen LogP contribution in [0, 0.1) is 5.82 Å². The number of hydrogen-bond acceptors (Lipinski definition) is 1. The summed E-state index contributed by atoms with van der Waals surface area (Å²) in [5, 5.41) is 0.420. The Kier molecular flexibility index (Phi) is 4.72. The number of halogens is 3. The first-order chi connectivity index (χ1) is 9.04. The molecule has 2 aromatic carbocycles. The standard InChI is InChI=1S/C15H11BrClFO/c16-12-3-1-2-10(6-12)7-14(19)9-11-8-13(18)4-5-15(11)17/h1-6,8H,7,9H2. The van der Waals surface area contributed by atoms with Crippen molar-refractivity contribution in [1.82, 2.24) is 0 Å². The van der Waals surface area contributed by atoms with Crippen LogP contribution in [0.4, 0.5) is 4.39 Å². The van der Waals surface area contributed by atoms with Gasteiger partial charge in [0, 0.05) is 22.3 Å². The van der Waals surface area contributed by atoms with Crippen molar-refractivity contribution in [3.05, 3.63) is 68.9 Å². The molecule has 2 rings (SSSR count). The molecule has 0 aromatic heterocycles. The molecule has 0 bridgehead atoms. The third-order valence-electron chi connectivity index (χ3n) is 2.69. The van der Waals surface area contributed by atoms with Gasteiger partial charge in [-0.3, -0.25) is 4.79 Å². The van der Waals surface area contributed by atoms with E-state index in [2.05, 4.69) is 15.9 Å². The van der Waals surface area contributed by atoms with Gasteiger partial charge in [0.25, 0.3) is 0 Å². The Morgan fingerprint density at radius 1 is 1.16 bits per heavy atom. The summed E-state index contributed by atoms with van der Waals surface area (Å²) in [4.78, 5) is 12.0. The Morgan fingerprint density at radius 3 is 2.68 bits per heavy atom. The smallest absolute Gasteiger partial charge is 0.141 e. The van der Waals surface area contributed by atoms with E-state index in [-0.39, 0.29) is 18.0 Å². The Labute approximate surface area is 124 Å². The van der Waals surface area contributed by atoms with Crippen LogP contribution in [0.3, 0.4) is 0 Å². The zero-order valence-electron chi connectivity index (χ0n) is 10.00. The predicted octanol–water partition coefficient (Wildman–Crippen LogP) is 4.60. The molecule has 98 valence electrons. The quantitative estimate of drug-likeness (QED) is 0.794. The summed E-state index contributed by atoms with van der Waals surface area (Å²) in [5.41, 5.74) is 1.45. The van der Waals surface area contributed by atoms with Gasteiger partial charge in [-0.25, -0.2) is 4.39 Å². The number of benzene rings is 2. The highest BCUT2D eigenvalue weighted by atomic mass is 79.9. The first-order valence-electron chi connectivity index (χ1n) is 5.74.